The molecule has 0 radical (unpaired) electrons. The highest BCUT2D eigenvalue weighted by Crippen LogP contribution is 2.10. The normalized spacial score (nSPS) is 10.8. The Morgan fingerprint density at radius 3 is 2.77 bits per heavy atom. The van der Waals surface area contributed by atoms with Crippen LogP contribution >= 0.6 is 0 Å². The highest BCUT2D eigenvalue weighted by molar-refractivity contribution is 5.17. The molecule has 0 amide bonds. The second-order valence-electron chi connectivity index (χ2n) is 4.05. The fraction of sp³-hybridized carbons (Fsp3) is 0.583. The smallest absolute Gasteiger partial charge is 0.0432 e. The van der Waals surface area contributed by atoms with Crippen LogP contribution in [-0.2, 0) is 6.42 Å². The molecule has 0 spiro atoms. The molecule has 13 heavy (non-hydrogen) atoms. The van der Waals surface area contributed by atoms with E-state index in [1.807, 2.05) is 12.3 Å². The fourth-order valence-corrected chi connectivity index (χ4v) is 1.46. The van der Waals surface area contributed by atoms with Crippen molar-refractivity contribution < 1.29 is 0 Å². The molecule has 1 aromatic rings. The van der Waals surface area contributed by atoms with Gasteiger partial charge in [-0.25, -0.2) is 0 Å². The van der Waals surface area contributed by atoms with Crippen LogP contribution in [0.2, 0.25) is 0 Å². The van der Waals surface area contributed by atoms with E-state index in [0.717, 1.165) is 12.3 Å². The van der Waals surface area contributed by atoms with E-state index in [2.05, 4.69) is 31.8 Å². The third kappa shape index (κ3) is 3.58. The first-order valence-electron chi connectivity index (χ1n) is 5.10. The minimum Gasteiger partial charge on any atom is -0.261 e. The average molecular weight is 177 g/mol. The van der Waals surface area contributed by atoms with Gasteiger partial charge in [0.05, 0.1) is 0 Å². The van der Waals surface area contributed by atoms with Gasteiger partial charge in [-0.15, -0.1) is 0 Å². The van der Waals surface area contributed by atoms with Crippen LogP contribution in [0, 0.1) is 12.8 Å². The van der Waals surface area contributed by atoms with Crippen LogP contribution in [0.4, 0.5) is 0 Å². The van der Waals surface area contributed by atoms with E-state index in [9.17, 15) is 0 Å². The lowest BCUT2D eigenvalue weighted by Gasteiger charge is -2.05. The summed E-state index contributed by atoms with van der Waals surface area (Å²) in [6.07, 6.45) is 5.58. The van der Waals surface area contributed by atoms with Gasteiger partial charge in [0.2, 0.25) is 0 Å². The fourth-order valence-electron chi connectivity index (χ4n) is 1.46. The molecular weight excluding hydrogens is 158 g/mol. The van der Waals surface area contributed by atoms with Gasteiger partial charge in [0.1, 0.15) is 0 Å². The molecule has 0 aromatic carbocycles. The number of aromatic nitrogens is 1. The van der Waals surface area contributed by atoms with Crippen molar-refractivity contribution in [2.75, 3.05) is 0 Å². The van der Waals surface area contributed by atoms with Crippen LogP contribution in [0.3, 0.4) is 0 Å². The zero-order chi connectivity index (χ0) is 9.68. The summed E-state index contributed by atoms with van der Waals surface area (Å²) < 4.78 is 0. The van der Waals surface area contributed by atoms with E-state index in [1.165, 1.54) is 24.1 Å². The Balaban J connectivity index is 2.41. The van der Waals surface area contributed by atoms with Gasteiger partial charge in [-0.3, -0.25) is 4.98 Å². The Morgan fingerprint density at radius 2 is 2.15 bits per heavy atom. The van der Waals surface area contributed by atoms with Crippen molar-refractivity contribution in [3.63, 3.8) is 0 Å². The number of hydrogen-bond acceptors (Lipinski definition) is 1. The van der Waals surface area contributed by atoms with E-state index >= 15 is 0 Å². The molecule has 1 aromatic heterocycles. The van der Waals surface area contributed by atoms with E-state index in [1.54, 1.807) is 0 Å². The summed E-state index contributed by atoms with van der Waals surface area (Å²) in [5, 5.41) is 0. The molecule has 0 bridgehead atoms. The molecule has 0 aliphatic heterocycles. The first-order chi connectivity index (χ1) is 6.20. The minimum absolute atomic E-state index is 0.809. The number of aryl methyl sites for hydroxylation is 2. The maximum atomic E-state index is 4.38. The van der Waals surface area contributed by atoms with Crippen molar-refractivity contribution >= 4 is 0 Å². The lowest BCUT2D eigenvalue weighted by atomic mass is 10.0. The van der Waals surface area contributed by atoms with Crippen LogP contribution < -0.4 is 0 Å². The van der Waals surface area contributed by atoms with Crippen LogP contribution in [0.25, 0.3) is 0 Å². The average Bonchev–Trinajstić information content (AvgIpc) is 2.08. The lowest BCUT2D eigenvalue weighted by Crippen LogP contribution is -1.95. The van der Waals surface area contributed by atoms with E-state index in [0.29, 0.717) is 0 Å². The van der Waals surface area contributed by atoms with E-state index in [4.69, 9.17) is 0 Å². The summed E-state index contributed by atoms with van der Waals surface area (Å²) in [4.78, 5) is 4.38. The molecule has 1 heteroatoms. The molecule has 0 N–H and O–H groups in total. The van der Waals surface area contributed by atoms with Gasteiger partial charge in [0.25, 0.3) is 0 Å². The maximum absolute atomic E-state index is 4.38. The Hall–Kier alpha value is -0.850. The minimum atomic E-state index is 0.809. The molecule has 0 saturated heterocycles. The van der Waals surface area contributed by atoms with Gasteiger partial charge in [-0.1, -0.05) is 26.3 Å². The number of pyridine rings is 1. The quantitative estimate of drug-likeness (QED) is 0.687. The van der Waals surface area contributed by atoms with E-state index < -0.39 is 0 Å². The number of nitrogens with zero attached hydrogens (tertiary/aromatic N) is 1. The first-order valence-corrected chi connectivity index (χ1v) is 5.10. The summed E-state index contributed by atoms with van der Waals surface area (Å²) in [5.41, 5.74) is 2.59. The molecular formula is C12H19N. The predicted octanol–water partition coefficient (Wildman–Crippen LogP) is 3.37. The molecule has 72 valence electrons. The molecule has 0 saturated carbocycles. The molecule has 0 aliphatic carbocycles. The van der Waals surface area contributed by atoms with Gasteiger partial charge in [-0.05, 0) is 37.3 Å². The third-order valence-electron chi connectivity index (χ3n) is 2.31. The molecule has 1 rings (SSSR count). The highest BCUT2D eigenvalue weighted by atomic mass is 14.7. The zero-order valence-electron chi connectivity index (χ0n) is 8.88. The summed E-state index contributed by atoms with van der Waals surface area (Å²) >= 11 is 0. The second-order valence-corrected chi connectivity index (χ2v) is 4.05. The topological polar surface area (TPSA) is 12.9 Å². The van der Waals surface area contributed by atoms with Gasteiger partial charge in [-0.2, -0.15) is 0 Å². The molecule has 0 unspecified atom stereocenters. The predicted molar refractivity (Wildman–Crippen MR) is 56.8 cm³/mol. The van der Waals surface area contributed by atoms with Gasteiger partial charge < -0.3 is 0 Å². The van der Waals surface area contributed by atoms with Crippen molar-refractivity contribution in [3.05, 3.63) is 29.6 Å². The SMILES string of the molecule is Cc1cccnc1CCCC(C)C. The van der Waals surface area contributed by atoms with Crippen molar-refractivity contribution in [2.45, 2.75) is 40.0 Å². The lowest BCUT2D eigenvalue weighted by molar-refractivity contribution is 0.552. The van der Waals surface area contributed by atoms with Crippen molar-refractivity contribution in [1.82, 2.24) is 4.98 Å². The van der Waals surface area contributed by atoms with Gasteiger partial charge in [0, 0.05) is 11.9 Å². The molecule has 0 atom stereocenters. The number of hydrogen-bond donors (Lipinski definition) is 0. The second kappa shape index (κ2) is 5.00. The number of rotatable bonds is 4. The summed E-state index contributed by atoms with van der Waals surface area (Å²) in [7, 11) is 0. The Kier molecular flexibility index (Phi) is 3.94. The van der Waals surface area contributed by atoms with E-state index in [-0.39, 0.29) is 0 Å². The summed E-state index contributed by atoms with van der Waals surface area (Å²) in [6, 6.07) is 4.14. The van der Waals surface area contributed by atoms with Gasteiger partial charge >= 0.3 is 0 Å². The third-order valence-corrected chi connectivity index (χ3v) is 2.31. The summed E-state index contributed by atoms with van der Waals surface area (Å²) in [5.74, 6) is 0.809. The summed E-state index contributed by atoms with van der Waals surface area (Å²) in [6.45, 7) is 6.67. The van der Waals surface area contributed by atoms with Crippen LogP contribution in [0.15, 0.2) is 18.3 Å². The van der Waals surface area contributed by atoms with Crippen molar-refractivity contribution in [3.8, 4) is 0 Å². The Morgan fingerprint density at radius 1 is 1.38 bits per heavy atom. The Bertz CT molecular complexity index is 253. The standard InChI is InChI=1S/C12H19N/c1-10(2)6-4-8-12-11(3)7-5-9-13-12/h5,7,9-10H,4,6,8H2,1-3H3. The van der Waals surface area contributed by atoms with Crippen LogP contribution in [0.1, 0.15) is 37.9 Å². The van der Waals surface area contributed by atoms with Crippen molar-refractivity contribution in [2.24, 2.45) is 5.92 Å². The Labute approximate surface area is 81.2 Å². The monoisotopic (exact) mass is 177 g/mol. The molecule has 1 heterocycles. The van der Waals surface area contributed by atoms with Crippen molar-refractivity contribution in [1.29, 1.82) is 0 Å². The van der Waals surface area contributed by atoms with Crippen LogP contribution in [0.5, 0.6) is 0 Å². The maximum Gasteiger partial charge on any atom is 0.0432 e. The molecule has 0 fully saturated rings. The first kappa shape index (κ1) is 10.2. The zero-order valence-corrected chi connectivity index (χ0v) is 8.88. The molecule has 1 nitrogen and oxygen atoms in total. The largest absolute Gasteiger partial charge is 0.261 e. The molecule has 0 aliphatic rings. The van der Waals surface area contributed by atoms with Gasteiger partial charge in [0.15, 0.2) is 0 Å². The van der Waals surface area contributed by atoms with Crippen LogP contribution in [-0.4, -0.2) is 4.98 Å². The highest BCUT2D eigenvalue weighted by Gasteiger charge is 1.99.